The smallest absolute Gasteiger partial charge is 0.249 e. The third-order valence-corrected chi connectivity index (χ3v) is 3.49. The molecule has 0 radical (unpaired) electrons. The first-order valence-corrected chi connectivity index (χ1v) is 5.06. The van der Waals surface area contributed by atoms with Gasteiger partial charge in [-0.15, -0.1) is 11.3 Å². The molecule has 0 aliphatic carbocycles. The number of hydrogen-bond acceptors (Lipinski definition) is 4. The fourth-order valence-electron chi connectivity index (χ4n) is 0.549. The van der Waals surface area contributed by atoms with E-state index in [-0.39, 0.29) is 4.21 Å². The summed E-state index contributed by atoms with van der Waals surface area (Å²) in [4.78, 5) is 5.93. The summed E-state index contributed by atoms with van der Waals surface area (Å²) >= 11 is 0.971. The van der Waals surface area contributed by atoms with Gasteiger partial charge in [-0.3, -0.25) is 0 Å². The molecule has 12 heavy (non-hydrogen) atoms. The number of rotatable bonds is 2. The van der Waals surface area contributed by atoms with E-state index in [1.165, 1.54) is 6.20 Å². The highest BCUT2D eigenvalue weighted by Gasteiger charge is 2.14. The van der Waals surface area contributed by atoms with E-state index >= 15 is 0 Å². The molecule has 0 fully saturated rings. The Balaban J connectivity index is 3.23. The van der Waals surface area contributed by atoms with E-state index in [0.717, 1.165) is 11.3 Å². The summed E-state index contributed by atoms with van der Waals surface area (Å²) in [6.07, 6.45) is 1.17. The Morgan fingerprint density at radius 1 is 1.75 bits per heavy atom. The van der Waals surface area contributed by atoms with E-state index in [2.05, 4.69) is 14.4 Å². The highest BCUT2D eigenvalue weighted by molar-refractivity contribution is 7.92. The molecule has 0 atom stereocenters. The Bertz CT molecular complexity index is 428. The molecule has 1 heterocycles. The molecule has 0 spiro atoms. The van der Waals surface area contributed by atoms with Crippen molar-refractivity contribution in [3.8, 4) is 0 Å². The molecule has 0 amide bonds. The zero-order chi connectivity index (χ0) is 9.19. The SMILES string of the molecule is Cc1ncc(S(=O)(=O)N=[N+]=[N-])s1. The predicted molar refractivity (Wildman–Crippen MR) is 43.2 cm³/mol. The first-order chi connectivity index (χ1) is 5.56. The molecule has 0 aromatic carbocycles. The predicted octanol–water partition coefficient (Wildman–Crippen LogP) is 1.45. The second-order valence-corrected chi connectivity index (χ2v) is 4.89. The van der Waals surface area contributed by atoms with Gasteiger partial charge >= 0.3 is 0 Å². The summed E-state index contributed by atoms with van der Waals surface area (Å²) in [6.45, 7) is 1.67. The Morgan fingerprint density at radius 3 is 2.83 bits per heavy atom. The number of nitrogens with zero attached hydrogens (tertiary/aromatic N) is 4. The van der Waals surface area contributed by atoms with Crippen molar-refractivity contribution in [2.24, 2.45) is 4.52 Å². The van der Waals surface area contributed by atoms with Crippen molar-refractivity contribution >= 4 is 21.4 Å². The normalized spacial score (nSPS) is 10.8. The number of hydrogen-bond donors (Lipinski definition) is 0. The van der Waals surface area contributed by atoms with Gasteiger partial charge in [-0.1, -0.05) is 0 Å². The molecule has 0 saturated carbocycles. The van der Waals surface area contributed by atoms with Crippen molar-refractivity contribution in [3.63, 3.8) is 0 Å². The maximum absolute atomic E-state index is 11.0. The van der Waals surface area contributed by atoms with Crippen molar-refractivity contribution in [2.45, 2.75) is 11.1 Å². The van der Waals surface area contributed by atoms with E-state index in [0.29, 0.717) is 5.01 Å². The van der Waals surface area contributed by atoms with Crippen LogP contribution >= 0.6 is 11.3 Å². The van der Waals surface area contributed by atoms with E-state index in [1.54, 1.807) is 6.92 Å². The van der Waals surface area contributed by atoms with Crippen molar-refractivity contribution < 1.29 is 8.42 Å². The van der Waals surface area contributed by atoms with Crippen LogP contribution in [0.1, 0.15) is 5.01 Å². The molecule has 6 nitrogen and oxygen atoms in total. The van der Waals surface area contributed by atoms with Crippen LogP contribution in [0.25, 0.3) is 10.4 Å². The average molecular weight is 204 g/mol. The van der Waals surface area contributed by atoms with Gasteiger partial charge in [0, 0.05) is 9.43 Å². The molecule has 0 aliphatic rings. The molecule has 0 aliphatic heterocycles. The Hall–Kier alpha value is -1.11. The summed E-state index contributed by atoms with van der Waals surface area (Å²) in [5, 5.41) is 0.613. The summed E-state index contributed by atoms with van der Waals surface area (Å²) in [7, 11) is -3.83. The molecular weight excluding hydrogens is 200 g/mol. The standard InChI is InChI=1S/C4H4N4O2S2/c1-3-6-2-4(11-3)12(9,10)8-7-5/h2H,1H3. The van der Waals surface area contributed by atoms with Gasteiger partial charge in [-0.2, -0.15) is 0 Å². The third-order valence-electron chi connectivity index (χ3n) is 0.998. The van der Waals surface area contributed by atoms with Crippen molar-refractivity contribution in [2.75, 3.05) is 0 Å². The van der Waals surface area contributed by atoms with Gasteiger partial charge in [0.1, 0.15) is 4.21 Å². The molecule has 0 saturated heterocycles. The zero-order valence-electron chi connectivity index (χ0n) is 6.00. The third kappa shape index (κ3) is 1.73. The van der Waals surface area contributed by atoms with Gasteiger partial charge in [0.25, 0.3) is 10.0 Å². The van der Waals surface area contributed by atoms with Crippen LogP contribution < -0.4 is 0 Å². The van der Waals surface area contributed by atoms with Crippen LogP contribution in [0.5, 0.6) is 0 Å². The van der Waals surface area contributed by atoms with Gasteiger partial charge < -0.3 is 0 Å². The second-order valence-electron chi connectivity index (χ2n) is 1.84. The van der Waals surface area contributed by atoms with Crippen molar-refractivity contribution in [1.29, 1.82) is 0 Å². The molecular formula is C4H4N4O2S2. The zero-order valence-corrected chi connectivity index (χ0v) is 7.63. The maximum atomic E-state index is 11.0. The van der Waals surface area contributed by atoms with Gasteiger partial charge in [0.05, 0.1) is 11.2 Å². The highest BCUT2D eigenvalue weighted by Crippen LogP contribution is 2.19. The Morgan fingerprint density at radius 2 is 2.42 bits per heavy atom. The van der Waals surface area contributed by atoms with E-state index in [9.17, 15) is 8.42 Å². The minimum atomic E-state index is -3.83. The lowest BCUT2D eigenvalue weighted by Crippen LogP contribution is -1.90. The van der Waals surface area contributed by atoms with Crippen LogP contribution in [0.2, 0.25) is 0 Å². The molecule has 1 aromatic heterocycles. The van der Waals surface area contributed by atoms with Crippen molar-refractivity contribution in [1.82, 2.24) is 4.98 Å². The summed E-state index contributed by atoms with van der Waals surface area (Å²) < 4.78 is 24.6. The largest absolute Gasteiger partial charge is 0.275 e. The van der Waals surface area contributed by atoms with E-state index < -0.39 is 10.0 Å². The number of azide groups is 1. The summed E-state index contributed by atoms with van der Waals surface area (Å²) in [5.74, 6) is 0. The average Bonchev–Trinajstić information content (AvgIpc) is 2.36. The number of sulfonamides is 1. The number of aromatic nitrogens is 1. The number of thiazole rings is 1. The topological polar surface area (TPSA) is 95.8 Å². The minimum absolute atomic E-state index is 0.0298. The van der Waals surface area contributed by atoms with Gasteiger partial charge in [0.2, 0.25) is 0 Å². The van der Waals surface area contributed by atoms with Crippen LogP contribution in [-0.4, -0.2) is 13.4 Å². The quantitative estimate of drug-likeness (QED) is 0.414. The van der Waals surface area contributed by atoms with Crippen LogP contribution in [0.3, 0.4) is 0 Å². The maximum Gasteiger partial charge on any atom is 0.275 e. The fraction of sp³-hybridized carbons (Fsp3) is 0.250. The molecule has 8 heteroatoms. The van der Waals surface area contributed by atoms with Gasteiger partial charge in [-0.05, 0) is 12.5 Å². The van der Waals surface area contributed by atoms with Crippen LogP contribution in [-0.2, 0) is 10.0 Å². The van der Waals surface area contributed by atoms with Crippen LogP contribution in [0, 0.1) is 6.92 Å². The Kier molecular flexibility index (Phi) is 2.32. The number of aryl methyl sites for hydroxylation is 1. The monoisotopic (exact) mass is 204 g/mol. The fourth-order valence-corrected chi connectivity index (χ4v) is 2.30. The highest BCUT2D eigenvalue weighted by atomic mass is 32.2. The van der Waals surface area contributed by atoms with E-state index in [4.69, 9.17) is 5.53 Å². The van der Waals surface area contributed by atoms with Crippen LogP contribution in [0.4, 0.5) is 0 Å². The molecule has 1 rings (SSSR count). The summed E-state index contributed by atoms with van der Waals surface area (Å²) in [6, 6.07) is 0. The van der Waals surface area contributed by atoms with Crippen LogP contribution in [0.15, 0.2) is 14.9 Å². The lowest BCUT2D eigenvalue weighted by molar-refractivity contribution is 0.599. The molecule has 0 N–H and O–H groups in total. The van der Waals surface area contributed by atoms with Gasteiger partial charge in [0.15, 0.2) is 0 Å². The van der Waals surface area contributed by atoms with Gasteiger partial charge in [-0.25, -0.2) is 13.4 Å². The first-order valence-electron chi connectivity index (χ1n) is 2.80. The first kappa shape index (κ1) is 8.98. The van der Waals surface area contributed by atoms with Crippen molar-refractivity contribution in [3.05, 3.63) is 21.6 Å². The minimum Gasteiger partial charge on any atom is -0.249 e. The second kappa shape index (κ2) is 3.10. The molecule has 0 bridgehead atoms. The molecule has 0 unspecified atom stereocenters. The summed E-state index contributed by atoms with van der Waals surface area (Å²) in [5.41, 5.74) is 7.93. The molecule has 64 valence electrons. The lowest BCUT2D eigenvalue weighted by atomic mass is 10.8. The van der Waals surface area contributed by atoms with E-state index in [1.807, 2.05) is 0 Å². The molecule has 1 aromatic rings. The lowest BCUT2D eigenvalue weighted by Gasteiger charge is -1.85. The Labute approximate surface area is 72.6 Å².